The maximum Gasteiger partial charge on any atom is 0.264 e. The fourth-order valence-electron chi connectivity index (χ4n) is 4.13. The van der Waals surface area contributed by atoms with Gasteiger partial charge in [-0.15, -0.1) is 0 Å². The molecule has 3 aromatic carbocycles. The van der Waals surface area contributed by atoms with Crippen molar-refractivity contribution in [2.24, 2.45) is 0 Å². The van der Waals surface area contributed by atoms with Crippen LogP contribution in [-0.2, 0) is 26.2 Å². The molecule has 1 N–H and O–H groups in total. The summed E-state index contributed by atoms with van der Waals surface area (Å²) in [5.74, 6) is -0.770. The fraction of sp³-hybridized carbons (Fsp3) is 0.310. The summed E-state index contributed by atoms with van der Waals surface area (Å²) in [5.41, 5.74) is 2.03. The maximum atomic E-state index is 14.0. The number of anilines is 1. The lowest BCUT2D eigenvalue weighted by Gasteiger charge is -2.33. The lowest BCUT2D eigenvalue weighted by Crippen LogP contribution is -2.53. The number of aryl methyl sites for hydroxylation is 1. The van der Waals surface area contributed by atoms with Gasteiger partial charge in [0.05, 0.1) is 10.6 Å². The van der Waals surface area contributed by atoms with Crippen molar-refractivity contribution in [1.29, 1.82) is 0 Å². The predicted molar refractivity (Wildman–Crippen MR) is 152 cm³/mol. The summed E-state index contributed by atoms with van der Waals surface area (Å²) < 4.78 is 28.7. The van der Waals surface area contributed by atoms with Crippen molar-refractivity contribution < 1.29 is 18.0 Å². The van der Waals surface area contributed by atoms with Crippen molar-refractivity contribution in [1.82, 2.24) is 10.2 Å². The SMILES string of the molecule is CC[C@H](C(=O)NC(C)C)N(Cc1ccccc1)C(=O)CN(c1cccc(C)c1)S(=O)(=O)c1ccc(Cl)cc1. The van der Waals surface area contributed by atoms with E-state index in [0.717, 1.165) is 15.4 Å². The Morgan fingerprint density at radius 2 is 1.61 bits per heavy atom. The summed E-state index contributed by atoms with van der Waals surface area (Å²) in [4.78, 5) is 28.6. The quantitative estimate of drug-likeness (QED) is 0.353. The Balaban J connectivity index is 2.05. The summed E-state index contributed by atoms with van der Waals surface area (Å²) in [7, 11) is -4.13. The fourth-order valence-corrected chi connectivity index (χ4v) is 5.66. The minimum atomic E-state index is -4.13. The molecule has 9 heteroatoms. The number of rotatable bonds is 11. The zero-order chi connectivity index (χ0) is 27.9. The van der Waals surface area contributed by atoms with Gasteiger partial charge in [0.15, 0.2) is 0 Å². The average molecular weight is 556 g/mol. The maximum absolute atomic E-state index is 14.0. The molecule has 0 bridgehead atoms. The van der Waals surface area contributed by atoms with Crippen LogP contribution < -0.4 is 9.62 Å². The number of sulfonamides is 1. The average Bonchev–Trinajstić information content (AvgIpc) is 2.87. The van der Waals surface area contributed by atoms with E-state index in [-0.39, 0.29) is 23.4 Å². The molecule has 38 heavy (non-hydrogen) atoms. The highest BCUT2D eigenvalue weighted by Crippen LogP contribution is 2.26. The van der Waals surface area contributed by atoms with Crippen LogP contribution in [0.1, 0.15) is 38.3 Å². The number of carbonyl (C=O) groups excluding carboxylic acids is 2. The van der Waals surface area contributed by atoms with E-state index in [2.05, 4.69) is 5.32 Å². The molecule has 202 valence electrons. The second kappa shape index (κ2) is 12.9. The number of carbonyl (C=O) groups is 2. The Kier molecular flexibility index (Phi) is 9.94. The van der Waals surface area contributed by atoms with Gasteiger partial charge in [-0.3, -0.25) is 13.9 Å². The molecule has 3 rings (SSSR count). The highest BCUT2D eigenvalue weighted by Gasteiger charge is 2.33. The number of halogens is 1. The highest BCUT2D eigenvalue weighted by molar-refractivity contribution is 7.92. The normalized spacial score (nSPS) is 12.2. The number of hydrogen-bond donors (Lipinski definition) is 1. The smallest absolute Gasteiger partial charge is 0.264 e. The Labute approximate surface area is 230 Å². The standard InChI is InChI=1S/C29H34ClN3O4S/c1-5-27(29(35)31-21(2)3)32(19-23-11-7-6-8-12-23)28(34)20-33(25-13-9-10-22(4)18-25)38(36,37)26-16-14-24(30)15-17-26/h6-18,21,27H,5,19-20H2,1-4H3,(H,31,35)/t27-/m1/s1. The molecule has 0 saturated carbocycles. The van der Waals surface area contributed by atoms with E-state index in [9.17, 15) is 18.0 Å². The molecule has 0 heterocycles. The first-order valence-electron chi connectivity index (χ1n) is 12.5. The zero-order valence-electron chi connectivity index (χ0n) is 22.1. The minimum Gasteiger partial charge on any atom is -0.352 e. The molecule has 2 amide bonds. The molecular formula is C29H34ClN3O4S. The van der Waals surface area contributed by atoms with Gasteiger partial charge in [0.25, 0.3) is 10.0 Å². The lowest BCUT2D eigenvalue weighted by molar-refractivity contribution is -0.140. The molecular weight excluding hydrogens is 522 g/mol. The number of amides is 2. The molecule has 0 fully saturated rings. The lowest BCUT2D eigenvalue weighted by atomic mass is 10.1. The molecule has 0 spiro atoms. The van der Waals surface area contributed by atoms with Gasteiger partial charge in [-0.1, -0.05) is 61.0 Å². The van der Waals surface area contributed by atoms with Crippen LogP contribution in [0.4, 0.5) is 5.69 Å². The van der Waals surface area contributed by atoms with Gasteiger partial charge in [-0.05, 0) is 74.7 Å². The number of benzene rings is 3. The minimum absolute atomic E-state index is 0.00964. The Hall–Kier alpha value is -3.36. The van der Waals surface area contributed by atoms with Crippen LogP contribution in [0.3, 0.4) is 0 Å². The largest absolute Gasteiger partial charge is 0.352 e. The van der Waals surface area contributed by atoms with Crippen LogP contribution in [0.25, 0.3) is 0 Å². The molecule has 3 aromatic rings. The number of nitrogens with one attached hydrogen (secondary N) is 1. The molecule has 0 aliphatic rings. The summed E-state index contributed by atoms with van der Waals surface area (Å²) in [6.07, 6.45) is 0.367. The summed E-state index contributed by atoms with van der Waals surface area (Å²) in [6, 6.07) is 21.2. The molecule has 0 aromatic heterocycles. The van der Waals surface area contributed by atoms with Gasteiger partial charge in [0.1, 0.15) is 12.6 Å². The van der Waals surface area contributed by atoms with Crippen molar-refractivity contribution >= 4 is 39.1 Å². The van der Waals surface area contributed by atoms with E-state index in [1.54, 1.807) is 18.2 Å². The number of hydrogen-bond acceptors (Lipinski definition) is 4. The van der Waals surface area contributed by atoms with Crippen molar-refractivity contribution in [3.63, 3.8) is 0 Å². The van der Waals surface area contributed by atoms with Gasteiger partial charge >= 0.3 is 0 Å². The van der Waals surface area contributed by atoms with E-state index >= 15 is 0 Å². The molecule has 0 aliphatic carbocycles. The first kappa shape index (κ1) is 29.2. The second-order valence-electron chi connectivity index (χ2n) is 9.40. The molecule has 1 atom stereocenters. The van der Waals surface area contributed by atoms with Crippen LogP contribution in [0.2, 0.25) is 5.02 Å². The Bertz CT molecular complexity index is 1350. The van der Waals surface area contributed by atoms with Gasteiger partial charge in [0, 0.05) is 17.6 Å². The summed E-state index contributed by atoms with van der Waals surface area (Å²) in [5, 5.41) is 3.29. The monoisotopic (exact) mass is 555 g/mol. The topological polar surface area (TPSA) is 86.8 Å². The summed E-state index contributed by atoms with van der Waals surface area (Å²) in [6.45, 7) is 7.07. The first-order valence-corrected chi connectivity index (χ1v) is 14.3. The van der Waals surface area contributed by atoms with E-state index in [1.165, 1.54) is 29.2 Å². The molecule has 0 unspecified atom stereocenters. The van der Waals surface area contributed by atoms with Crippen molar-refractivity contribution in [2.45, 2.75) is 57.6 Å². The van der Waals surface area contributed by atoms with Crippen LogP contribution in [0.15, 0.2) is 83.8 Å². The zero-order valence-corrected chi connectivity index (χ0v) is 23.7. The van der Waals surface area contributed by atoms with Gasteiger partial charge in [-0.25, -0.2) is 8.42 Å². The van der Waals surface area contributed by atoms with E-state index < -0.39 is 28.5 Å². The van der Waals surface area contributed by atoms with E-state index in [4.69, 9.17) is 11.6 Å². The second-order valence-corrected chi connectivity index (χ2v) is 11.7. The van der Waals surface area contributed by atoms with Gasteiger partial charge in [0.2, 0.25) is 11.8 Å². The van der Waals surface area contributed by atoms with E-state index in [0.29, 0.717) is 17.1 Å². The van der Waals surface area contributed by atoms with Crippen molar-refractivity contribution in [2.75, 3.05) is 10.8 Å². The van der Waals surface area contributed by atoms with E-state index in [1.807, 2.05) is 64.1 Å². The molecule has 0 radical (unpaired) electrons. The third-order valence-corrected chi connectivity index (χ3v) is 8.02. The molecule has 7 nitrogen and oxygen atoms in total. The highest BCUT2D eigenvalue weighted by atomic mass is 35.5. The third-order valence-electron chi connectivity index (χ3n) is 5.98. The molecule has 0 saturated heterocycles. The summed E-state index contributed by atoms with van der Waals surface area (Å²) >= 11 is 5.99. The Morgan fingerprint density at radius 1 is 0.947 bits per heavy atom. The van der Waals surface area contributed by atoms with Gasteiger partial charge in [-0.2, -0.15) is 0 Å². The third kappa shape index (κ3) is 7.36. The number of nitrogens with zero attached hydrogens (tertiary/aromatic N) is 2. The van der Waals surface area contributed by atoms with Crippen molar-refractivity contribution in [3.8, 4) is 0 Å². The first-order chi connectivity index (χ1) is 18.0. The van der Waals surface area contributed by atoms with Crippen LogP contribution >= 0.6 is 11.6 Å². The molecule has 0 aliphatic heterocycles. The van der Waals surface area contributed by atoms with Gasteiger partial charge < -0.3 is 10.2 Å². The predicted octanol–water partition coefficient (Wildman–Crippen LogP) is 5.18. The van der Waals surface area contributed by atoms with Crippen LogP contribution in [0.5, 0.6) is 0 Å². The Morgan fingerprint density at radius 3 is 2.18 bits per heavy atom. The van der Waals surface area contributed by atoms with Crippen molar-refractivity contribution in [3.05, 3.63) is 95.0 Å². The van der Waals surface area contributed by atoms with Crippen LogP contribution in [-0.4, -0.2) is 43.8 Å². The van der Waals surface area contributed by atoms with Crippen LogP contribution in [0, 0.1) is 6.92 Å².